The van der Waals surface area contributed by atoms with Gasteiger partial charge in [-0.15, -0.1) is 0 Å². The van der Waals surface area contributed by atoms with Crippen LogP contribution in [0.15, 0.2) is 18.2 Å². The first-order valence-electron chi connectivity index (χ1n) is 10.0. The van der Waals surface area contributed by atoms with Gasteiger partial charge in [0, 0.05) is 17.9 Å². The number of ketones is 1. The van der Waals surface area contributed by atoms with E-state index in [2.05, 4.69) is 33.9 Å². The average Bonchev–Trinajstić information content (AvgIpc) is 2.96. The number of ether oxygens (including phenoxy) is 2. The minimum absolute atomic E-state index is 0.0692. The molecule has 2 rings (SSSR count). The molecule has 0 fully saturated rings. The molecule has 0 unspecified atom stereocenters. The molecule has 0 radical (unpaired) electrons. The van der Waals surface area contributed by atoms with E-state index in [-0.39, 0.29) is 17.4 Å². The fourth-order valence-electron chi connectivity index (χ4n) is 2.88. The summed E-state index contributed by atoms with van der Waals surface area (Å²) in [5.74, 6) is 0.762. The molecular formula is C22H36N2O4Si. The zero-order valence-electron chi connectivity index (χ0n) is 19.4. The van der Waals surface area contributed by atoms with E-state index in [0.29, 0.717) is 19.0 Å². The Hall–Kier alpha value is -1.70. The van der Waals surface area contributed by atoms with Crippen LogP contribution in [0.1, 0.15) is 40.3 Å². The van der Waals surface area contributed by atoms with E-state index in [4.69, 9.17) is 19.0 Å². The standard InChI is InChI=1S/C22H36N2O4Si/c1-21(2,3)29(8,9)28-14-17-16-11-10-12-18(27-7)20(16)23-24(17)13-19(25)22(4,5)15-26-6/h10-12H,13-15H2,1-9H3. The number of hydrogen-bond acceptors (Lipinski definition) is 5. The highest BCUT2D eigenvalue weighted by Gasteiger charge is 2.37. The molecule has 0 aliphatic carbocycles. The third kappa shape index (κ3) is 5.08. The van der Waals surface area contributed by atoms with Crippen LogP contribution >= 0.6 is 0 Å². The molecule has 162 valence electrons. The van der Waals surface area contributed by atoms with Crippen molar-refractivity contribution in [1.29, 1.82) is 0 Å². The first-order valence-corrected chi connectivity index (χ1v) is 12.9. The van der Waals surface area contributed by atoms with Gasteiger partial charge in [0.25, 0.3) is 0 Å². The first kappa shape index (κ1) is 23.6. The maximum atomic E-state index is 13.0. The summed E-state index contributed by atoms with van der Waals surface area (Å²) in [6.07, 6.45) is 0. The molecule has 7 heteroatoms. The maximum Gasteiger partial charge on any atom is 0.192 e. The number of carbonyl (C=O) groups is 1. The Morgan fingerprint density at radius 2 is 1.79 bits per heavy atom. The van der Waals surface area contributed by atoms with Crippen molar-refractivity contribution < 1.29 is 18.7 Å². The summed E-state index contributed by atoms with van der Waals surface area (Å²) in [6, 6.07) is 5.84. The highest BCUT2D eigenvalue weighted by atomic mass is 28.4. The van der Waals surface area contributed by atoms with Gasteiger partial charge in [-0.1, -0.05) is 46.8 Å². The number of aromatic nitrogens is 2. The van der Waals surface area contributed by atoms with Gasteiger partial charge in [-0.05, 0) is 24.2 Å². The number of methoxy groups -OCH3 is 2. The fourth-order valence-corrected chi connectivity index (χ4v) is 3.81. The molecule has 0 saturated carbocycles. The molecule has 0 saturated heterocycles. The minimum atomic E-state index is -1.96. The van der Waals surface area contributed by atoms with Gasteiger partial charge in [-0.25, -0.2) is 0 Å². The molecule has 0 atom stereocenters. The lowest BCUT2D eigenvalue weighted by atomic mass is 9.89. The summed E-state index contributed by atoms with van der Waals surface area (Å²) in [4.78, 5) is 13.0. The summed E-state index contributed by atoms with van der Waals surface area (Å²) in [6.45, 7) is 15.8. The van der Waals surface area contributed by atoms with Crippen LogP contribution in [-0.2, 0) is 27.1 Å². The Morgan fingerprint density at radius 1 is 1.14 bits per heavy atom. The summed E-state index contributed by atoms with van der Waals surface area (Å²) < 4.78 is 19.0. The molecule has 1 aromatic heterocycles. The number of nitrogens with zero attached hydrogens (tertiary/aromatic N) is 2. The molecule has 0 N–H and O–H groups in total. The molecule has 0 spiro atoms. The number of rotatable bonds is 9. The van der Waals surface area contributed by atoms with Gasteiger partial charge in [0.05, 0.1) is 26.0 Å². The topological polar surface area (TPSA) is 62.6 Å². The lowest BCUT2D eigenvalue weighted by Crippen LogP contribution is -2.40. The number of carbonyl (C=O) groups excluding carboxylic acids is 1. The SMILES string of the molecule is COCC(C)(C)C(=O)Cn1nc2c(OC)cccc2c1CO[Si](C)(C)C(C)(C)C. The van der Waals surface area contributed by atoms with Crippen molar-refractivity contribution in [3.8, 4) is 5.75 Å². The molecule has 2 aromatic rings. The summed E-state index contributed by atoms with van der Waals surface area (Å²) in [5, 5.41) is 5.78. The predicted molar refractivity (Wildman–Crippen MR) is 119 cm³/mol. The van der Waals surface area contributed by atoms with Crippen LogP contribution in [0.2, 0.25) is 18.1 Å². The molecule has 0 amide bonds. The molecule has 6 nitrogen and oxygen atoms in total. The molecule has 0 bridgehead atoms. The number of fused-ring (bicyclic) bond motifs is 1. The Bertz CT molecular complexity index is 866. The lowest BCUT2D eigenvalue weighted by Gasteiger charge is -2.36. The van der Waals surface area contributed by atoms with Crippen LogP contribution in [0.5, 0.6) is 5.75 Å². The zero-order valence-corrected chi connectivity index (χ0v) is 20.4. The number of benzene rings is 1. The normalized spacial score (nSPS) is 13.1. The molecule has 1 aromatic carbocycles. The second-order valence-electron chi connectivity index (χ2n) is 9.75. The molecule has 29 heavy (non-hydrogen) atoms. The first-order chi connectivity index (χ1) is 13.3. The Morgan fingerprint density at radius 3 is 2.34 bits per heavy atom. The van der Waals surface area contributed by atoms with Gasteiger partial charge < -0.3 is 13.9 Å². The van der Waals surface area contributed by atoms with E-state index in [1.165, 1.54) is 0 Å². The Balaban J connectivity index is 2.46. The highest BCUT2D eigenvalue weighted by Crippen LogP contribution is 2.38. The average molecular weight is 421 g/mol. The molecule has 0 aliphatic rings. The highest BCUT2D eigenvalue weighted by molar-refractivity contribution is 6.74. The smallest absolute Gasteiger partial charge is 0.192 e. The van der Waals surface area contributed by atoms with Gasteiger partial charge in [-0.3, -0.25) is 9.48 Å². The number of hydrogen-bond donors (Lipinski definition) is 0. The van der Waals surface area contributed by atoms with E-state index in [1.807, 2.05) is 32.0 Å². The van der Waals surface area contributed by atoms with Gasteiger partial charge >= 0.3 is 0 Å². The van der Waals surface area contributed by atoms with Gasteiger partial charge in [0.2, 0.25) is 0 Å². The van der Waals surface area contributed by atoms with Crippen molar-refractivity contribution >= 4 is 25.0 Å². The second-order valence-corrected chi connectivity index (χ2v) is 14.6. The van der Waals surface area contributed by atoms with Crippen LogP contribution in [0, 0.1) is 5.41 Å². The van der Waals surface area contributed by atoms with E-state index in [1.54, 1.807) is 18.9 Å². The van der Waals surface area contributed by atoms with Crippen molar-refractivity contribution in [3.05, 3.63) is 23.9 Å². The van der Waals surface area contributed by atoms with Gasteiger partial charge in [-0.2, -0.15) is 5.10 Å². The van der Waals surface area contributed by atoms with Crippen molar-refractivity contribution in [2.45, 2.75) is 65.9 Å². The summed E-state index contributed by atoms with van der Waals surface area (Å²) in [5.41, 5.74) is 1.07. The summed E-state index contributed by atoms with van der Waals surface area (Å²) >= 11 is 0. The van der Waals surface area contributed by atoms with Gasteiger partial charge in [0.1, 0.15) is 17.8 Å². The molecule has 1 heterocycles. The van der Waals surface area contributed by atoms with Crippen molar-refractivity contribution in [3.63, 3.8) is 0 Å². The maximum absolute atomic E-state index is 13.0. The molecular weight excluding hydrogens is 384 g/mol. The summed E-state index contributed by atoms with van der Waals surface area (Å²) in [7, 11) is 1.28. The van der Waals surface area contributed by atoms with Crippen LogP contribution in [0.25, 0.3) is 10.9 Å². The van der Waals surface area contributed by atoms with Crippen LogP contribution in [-0.4, -0.2) is 44.7 Å². The predicted octanol–water partition coefficient (Wildman–Crippen LogP) is 4.81. The molecule has 0 aliphatic heterocycles. The largest absolute Gasteiger partial charge is 0.494 e. The number of Topliss-reactive ketones (excluding diaryl/α,β-unsaturated/α-hetero) is 1. The van der Waals surface area contributed by atoms with E-state index < -0.39 is 13.7 Å². The fraction of sp³-hybridized carbons (Fsp3) is 0.636. The van der Waals surface area contributed by atoms with E-state index >= 15 is 0 Å². The van der Waals surface area contributed by atoms with Crippen molar-refractivity contribution in [1.82, 2.24) is 9.78 Å². The zero-order chi connectivity index (χ0) is 22.0. The quantitative estimate of drug-likeness (QED) is 0.545. The van der Waals surface area contributed by atoms with Crippen molar-refractivity contribution in [2.75, 3.05) is 20.8 Å². The Kier molecular flexibility index (Phi) is 6.97. The third-order valence-electron chi connectivity index (χ3n) is 5.99. The van der Waals surface area contributed by atoms with Crippen molar-refractivity contribution in [2.24, 2.45) is 5.41 Å². The minimum Gasteiger partial charge on any atom is -0.494 e. The van der Waals surface area contributed by atoms with Crippen LogP contribution < -0.4 is 4.74 Å². The van der Waals surface area contributed by atoms with E-state index in [9.17, 15) is 4.79 Å². The monoisotopic (exact) mass is 420 g/mol. The third-order valence-corrected chi connectivity index (χ3v) is 10.5. The van der Waals surface area contributed by atoms with E-state index in [0.717, 1.165) is 16.6 Å². The Labute approximate surface area is 175 Å². The second kappa shape index (κ2) is 8.58. The van der Waals surface area contributed by atoms with Crippen LogP contribution in [0.4, 0.5) is 0 Å². The lowest BCUT2D eigenvalue weighted by molar-refractivity contribution is -0.130. The van der Waals surface area contributed by atoms with Crippen LogP contribution in [0.3, 0.4) is 0 Å². The van der Waals surface area contributed by atoms with Gasteiger partial charge in [0.15, 0.2) is 14.1 Å².